The molecule has 0 saturated heterocycles. The normalized spacial score (nSPS) is 17.0. The molecule has 0 spiro atoms. The summed E-state index contributed by atoms with van der Waals surface area (Å²) in [6.45, 7) is 1.91. The molecular weight excluding hydrogens is 291 g/mol. The topological polar surface area (TPSA) is 55.1 Å². The molecule has 1 aromatic rings. The van der Waals surface area contributed by atoms with Crippen LogP contribution in [0.5, 0.6) is 0 Å². The smallest absolute Gasteiger partial charge is 0.244 e. The van der Waals surface area contributed by atoms with Gasteiger partial charge in [0.2, 0.25) is 5.91 Å². The number of benzene rings is 1. The Bertz CT molecular complexity index is 458. The maximum absolute atomic E-state index is 11.7. The third-order valence-electron chi connectivity index (χ3n) is 2.74. The number of halogens is 2. The van der Waals surface area contributed by atoms with Crippen LogP contribution in [0.15, 0.2) is 16.6 Å². The molecule has 86 valence electrons. The van der Waals surface area contributed by atoms with Crippen LogP contribution < -0.4 is 11.1 Å². The fourth-order valence-corrected chi connectivity index (χ4v) is 2.07. The van der Waals surface area contributed by atoms with E-state index < -0.39 is 5.54 Å². The molecule has 16 heavy (non-hydrogen) atoms. The van der Waals surface area contributed by atoms with Crippen molar-refractivity contribution >= 4 is 39.1 Å². The van der Waals surface area contributed by atoms with Crippen molar-refractivity contribution in [3.05, 3.63) is 27.2 Å². The van der Waals surface area contributed by atoms with Gasteiger partial charge in [0.15, 0.2) is 0 Å². The van der Waals surface area contributed by atoms with Gasteiger partial charge in [-0.25, -0.2) is 0 Å². The van der Waals surface area contributed by atoms with E-state index in [2.05, 4.69) is 21.2 Å². The molecule has 1 amide bonds. The third-order valence-corrected chi connectivity index (χ3v) is 3.80. The number of anilines is 1. The maximum atomic E-state index is 11.7. The number of nitrogens with one attached hydrogen (secondary N) is 1. The van der Waals surface area contributed by atoms with Gasteiger partial charge < -0.3 is 11.1 Å². The second kappa shape index (κ2) is 4.02. The van der Waals surface area contributed by atoms with Crippen molar-refractivity contribution in [3.8, 4) is 0 Å². The average Bonchev–Trinajstić information content (AvgIpc) is 2.94. The predicted octanol–water partition coefficient (Wildman–Crippen LogP) is 2.84. The summed E-state index contributed by atoms with van der Waals surface area (Å²) >= 11 is 9.38. The van der Waals surface area contributed by atoms with Crippen LogP contribution in [0.2, 0.25) is 5.02 Å². The highest BCUT2D eigenvalue weighted by atomic mass is 79.9. The molecule has 0 atom stereocenters. The highest BCUT2D eigenvalue weighted by Crippen LogP contribution is 2.35. The first-order valence-electron chi connectivity index (χ1n) is 4.98. The first-order valence-corrected chi connectivity index (χ1v) is 6.15. The number of amides is 1. The van der Waals surface area contributed by atoms with Crippen molar-refractivity contribution in [1.29, 1.82) is 0 Å². The van der Waals surface area contributed by atoms with Crippen LogP contribution in [0.25, 0.3) is 0 Å². The monoisotopic (exact) mass is 302 g/mol. The minimum atomic E-state index is -0.670. The zero-order valence-corrected chi connectivity index (χ0v) is 11.2. The van der Waals surface area contributed by atoms with E-state index in [1.165, 1.54) is 0 Å². The number of rotatable bonds is 2. The van der Waals surface area contributed by atoms with Crippen LogP contribution in [0.1, 0.15) is 18.4 Å². The Morgan fingerprint density at radius 3 is 2.75 bits per heavy atom. The van der Waals surface area contributed by atoms with Gasteiger partial charge in [-0.2, -0.15) is 0 Å². The van der Waals surface area contributed by atoms with Gasteiger partial charge in [-0.05, 0) is 53.4 Å². The molecule has 1 aliphatic carbocycles. The second-order valence-corrected chi connectivity index (χ2v) is 5.45. The molecule has 0 aliphatic heterocycles. The number of carbonyl (C=O) groups excluding carboxylic acids is 1. The molecule has 0 heterocycles. The Labute approximate surface area is 107 Å². The van der Waals surface area contributed by atoms with Crippen LogP contribution in [0.4, 0.5) is 5.69 Å². The third kappa shape index (κ3) is 2.24. The van der Waals surface area contributed by atoms with Gasteiger partial charge in [-0.3, -0.25) is 4.79 Å². The number of nitrogens with two attached hydrogens (primary N) is 1. The number of hydrogen-bond donors (Lipinski definition) is 2. The highest BCUT2D eigenvalue weighted by molar-refractivity contribution is 9.10. The molecule has 3 nitrogen and oxygen atoms in total. The number of carbonyl (C=O) groups is 1. The molecule has 0 bridgehead atoms. The maximum Gasteiger partial charge on any atom is 0.244 e. The van der Waals surface area contributed by atoms with E-state index in [1.807, 2.05) is 13.0 Å². The molecule has 0 radical (unpaired) electrons. The summed E-state index contributed by atoms with van der Waals surface area (Å²) in [5.41, 5.74) is 6.75. The Hall–Kier alpha value is -0.580. The minimum absolute atomic E-state index is 0.145. The van der Waals surface area contributed by atoms with Gasteiger partial charge >= 0.3 is 0 Å². The fraction of sp³-hybridized carbons (Fsp3) is 0.364. The quantitative estimate of drug-likeness (QED) is 0.882. The lowest BCUT2D eigenvalue weighted by Crippen LogP contribution is -2.37. The average molecular weight is 304 g/mol. The van der Waals surface area contributed by atoms with E-state index in [0.717, 1.165) is 22.9 Å². The van der Waals surface area contributed by atoms with E-state index in [0.29, 0.717) is 10.7 Å². The SMILES string of the molecule is Cc1cc(Br)c(NC(=O)C2(N)CC2)cc1Cl. The molecule has 0 unspecified atom stereocenters. The molecule has 0 aromatic heterocycles. The van der Waals surface area contributed by atoms with Crippen molar-refractivity contribution in [2.24, 2.45) is 5.73 Å². The van der Waals surface area contributed by atoms with E-state index in [9.17, 15) is 4.79 Å². The standard InChI is InChI=1S/C11H12BrClN2O/c1-6-4-7(12)9(5-8(6)13)15-10(16)11(14)2-3-11/h4-5H,2-3,14H2,1H3,(H,15,16). The number of hydrogen-bond acceptors (Lipinski definition) is 2. The summed E-state index contributed by atoms with van der Waals surface area (Å²) in [6, 6.07) is 3.60. The predicted molar refractivity (Wildman–Crippen MR) is 68.7 cm³/mol. The van der Waals surface area contributed by atoms with E-state index in [-0.39, 0.29) is 5.91 Å². The summed E-state index contributed by atoms with van der Waals surface area (Å²) in [5, 5.41) is 3.41. The molecule has 1 aliphatic rings. The summed E-state index contributed by atoms with van der Waals surface area (Å²) in [4.78, 5) is 11.7. The Morgan fingerprint density at radius 1 is 1.56 bits per heavy atom. The van der Waals surface area contributed by atoms with E-state index >= 15 is 0 Å². The van der Waals surface area contributed by atoms with Crippen LogP contribution >= 0.6 is 27.5 Å². The lowest BCUT2D eigenvalue weighted by atomic mass is 10.2. The Morgan fingerprint density at radius 2 is 2.19 bits per heavy atom. The fourth-order valence-electron chi connectivity index (χ4n) is 1.35. The first kappa shape index (κ1) is 11.9. The van der Waals surface area contributed by atoms with Crippen molar-refractivity contribution in [3.63, 3.8) is 0 Å². The molecule has 1 saturated carbocycles. The van der Waals surface area contributed by atoms with E-state index in [1.54, 1.807) is 6.07 Å². The van der Waals surface area contributed by atoms with Gasteiger partial charge in [0.1, 0.15) is 0 Å². The van der Waals surface area contributed by atoms with Crippen molar-refractivity contribution in [1.82, 2.24) is 0 Å². The van der Waals surface area contributed by atoms with Crippen LogP contribution in [0.3, 0.4) is 0 Å². The van der Waals surface area contributed by atoms with Crippen LogP contribution in [-0.4, -0.2) is 11.4 Å². The Balaban J connectivity index is 2.21. The summed E-state index contributed by atoms with van der Waals surface area (Å²) in [6.07, 6.45) is 1.49. The largest absolute Gasteiger partial charge is 0.323 e. The molecule has 1 aromatic carbocycles. The lowest BCUT2D eigenvalue weighted by molar-refractivity contribution is -0.118. The summed E-state index contributed by atoms with van der Waals surface area (Å²) in [7, 11) is 0. The van der Waals surface area contributed by atoms with E-state index in [4.69, 9.17) is 17.3 Å². The molecule has 1 fully saturated rings. The summed E-state index contributed by atoms with van der Waals surface area (Å²) < 4.78 is 0.812. The van der Waals surface area contributed by atoms with Gasteiger partial charge in [0.25, 0.3) is 0 Å². The first-order chi connectivity index (χ1) is 7.42. The van der Waals surface area contributed by atoms with Crippen molar-refractivity contribution < 1.29 is 4.79 Å². The van der Waals surface area contributed by atoms with Gasteiger partial charge in [-0.15, -0.1) is 0 Å². The zero-order chi connectivity index (χ0) is 11.9. The molecule has 2 rings (SSSR count). The van der Waals surface area contributed by atoms with Crippen LogP contribution in [-0.2, 0) is 4.79 Å². The Kier molecular flexibility index (Phi) is 2.99. The van der Waals surface area contributed by atoms with Crippen molar-refractivity contribution in [2.75, 3.05) is 5.32 Å². The highest BCUT2D eigenvalue weighted by Gasteiger charge is 2.46. The van der Waals surface area contributed by atoms with Gasteiger partial charge in [0, 0.05) is 9.50 Å². The number of aryl methyl sites for hydroxylation is 1. The molecular formula is C11H12BrClN2O. The minimum Gasteiger partial charge on any atom is -0.323 e. The molecule has 3 N–H and O–H groups in total. The summed E-state index contributed by atoms with van der Waals surface area (Å²) in [5.74, 6) is -0.145. The lowest BCUT2D eigenvalue weighted by Gasteiger charge is -2.12. The van der Waals surface area contributed by atoms with Gasteiger partial charge in [-0.1, -0.05) is 11.6 Å². The van der Waals surface area contributed by atoms with Crippen LogP contribution in [0, 0.1) is 6.92 Å². The van der Waals surface area contributed by atoms with Crippen molar-refractivity contribution in [2.45, 2.75) is 25.3 Å². The second-order valence-electron chi connectivity index (χ2n) is 4.19. The zero-order valence-electron chi connectivity index (χ0n) is 8.81. The molecule has 5 heteroatoms. The van der Waals surface area contributed by atoms with Gasteiger partial charge in [0.05, 0.1) is 11.2 Å².